The van der Waals surface area contributed by atoms with Crippen LogP contribution in [0.3, 0.4) is 0 Å². The van der Waals surface area contributed by atoms with Crippen molar-refractivity contribution in [2.24, 2.45) is 0 Å². The van der Waals surface area contributed by atoms with Crippen LogP contribution >= 0.6 is 27.7 Å². The summed E-state index contributed by atoms with van der Waals surface area (Å²) in [5.74, 6) is 3.49. The van der Waals surface area contributed by atoms with Gasteiger partial charge >= 0.3 is 0 Å². The van der Waals surface area contributed by atoms with Crippen LogP contribution in [0.2, 0.25) is 0 Å². The molecule has 112 valence electrons. The summed E-state index contributed by atoms with van der Waals surface area (Å²) >= 11 is 5.63. The minimum Gasteiger partial charge on any atom is -0.369 e. The van der Waals surface area contributed by atoms with Crippen molar-refractivity contribution in [2.45, 2.75) is 63.4 Å². The highest BCUT2D eigenvalue weighted by atomic mass is 79.9. The molecule has 0 aromatic carbocycles. The molecule has 0 amide bonds. The topological polar surface area (TPSA) is 37.8 Å². The number of hydrogen-bond acceptors (Lipinski definition) is 4. The van der Waals surface area contributed by atoms with E-state index < -0.39 is 0 Å². The fourth-order valence-electron chi connectivity index (χ4n) is 1.90. The fourth-order valence-corrected chi connectivity index (χ4v) is 3.34. The molecule has 1 aromatic heterocycles. The van der Waals surface area contributed by atoms with Gasteiger partial charge in [0, 0.05) is 17.7 Å². The normalized spacial score (nSPS) is 16.2. The van der Waals surface area contributed by atoms with Gasteiger partial charge in [0.15, 0.2) is 0 Å². The van der Waals surface area contributed by atoms with Crippen LogP contribution in [-0.4, -0.2) is 21.8 Å². The van der Waals surface area contributed by atoms with Gasteiger partial charge in [-0.15, -0.1) is 0 Å². The average Bonchev–Trinajstić information content (AvgIpc) is 3.28. The van der Waals surface area contributed by atoms with Crippen molar-refractivity contribution in [2.75, 3.05) is 11.9 Å². The Labute approximate surface area is 134 Å². The van der Waals surface area contributed by atoms with Crippen molar-refractivity contribution in [1.82, 2.24) is 9.97 Å². The van der Waals surface area contributed by atoms with E-state index in [-0.39, 0.29) is 0 Å². The van der Waals surface area contributed by atoms with Gasteiger partial charge in [-0.25, -0.2) is 9.97 Å². The molecular weight excluding hydrogens is 334 g/mol. The van der Waals surface area contributed by atoms with E-state index >= 15 is 0 Å². The maximum absolute atomic E-state index is 4.79. The zero-order valence-electron chi connectivity index (χ0n) is 12.6. The second-order valence-electron chi connectivity index (χ2n) is 5.42. The van der Waals surface area contributed by atoms with Crippen LogP contribution in [0, 0.1) is 0 Å². The third kappa shape index (κ3) is 4.35. The lowest BCUT2D eigenvalue weighted by Crippen LogP contribution is -2.09. The molecule has 0 saturated heterocycles. The molecule has 1 atom stereocenters. The lowest BCUT2D eigenvalue weighted by molar-refractivity contribution is 0.885. The molecule has 1 aliphatic rings. The Hall–Kier alpha value is -0.290. The molecule has 5 heteroatoms. The van der Waals surface area contributed by atoms with Gasteiger partial charge in [-0.05, 0) is 41.6 Å². The number of halogens is 1. The number of thioether (sulfide) groups is 1. The van der Waals surface area contributed by atoms with Crippen molar-refractivity contribution in [3.8, 4) is 0 Å². The molecule has 1 unspecified atom stereocenters. The Morgan fingerprint density at radius 3 is 2.70 bits per heavy atom. The highest BCUT2D eigenvalue weighted by Crippen LogP contribution is 2.44. The van der Waals surface area contributed by atoms with E-state index in [4.69, 9.17) is 9.97 Å². The third-order valence-electron chi connectivity index (χ3n) is 3.50. The second kappa shape index (κ2) is 7.64. The average molecular weight is 358 g/mol. The van der Waals surface area contributed by atoms with Crippen molar-refractivity contribution in [3.05, 3.63) is 16.0 Å². The maximum Gasteiger partial charge on any atom is 0.144 e. The predicted octanol–water partition coefficient (Wildman–Crippen LogP) is 4.97. The first-order valence-corrected chi connectivity index (χ1v) is 9.41. The van der Waals surface area contributed by atoms with Gasteiger partial charge in [0.05, 0.1) is 15.9 Å². The number of aromatic nitrogens is 2. The van der Waals surface area contributed by atoms with Crippen LogP contribution in [-0.2, 0) is 5.75 Å². The largest absolute Gasteiger partial charge is 0.369 e. The van der Waals surface area contributed by atoms with Crippen LogP contribution in [0.4, 0.5) is 5.82 Å². The van der Waals surface area contributed by atoms with Gasteiger partial charge in [0.2, 0.25) is 0 Å². The molecule has 1 fully saturated rings. The Morgan fingerprint density at radius 2 is 2.10 bits per heavy atom. The summed E-state index contributed by atoms with van der Waals surface area (Å²) in [6.45, 7) is 7.62. The smallest absolute Gasteiger partial charge is 0.144 e. The highest BCUT2D eigenvalue weighted by Gasteiger charge is 2.29. The summed E-state index contributed by atoms with van der Waals surface area (Å²) < 4.78 is 1.07. The molecule has 1 N–H and O–H groups in total. The molecule has 3 nitrogen and oxygen atoms in total. The zero-order valence-corrected chi connectivity index (χ0v) is 15.0. The Kier molecular flexibility index (Phi) is 6.15. The van der Waals surface area contributed by atoms with Gasteiger partial charge in [0.1, 0.15) is 11.6 Å². The van der Waals surface area contributed by atoms with Crippen molar-refractivity contribution in [1.29, 1.82) is 0 Å². The van der Waals surface area contributed by atoms with Gasteiger partial charge in [-0.1, -0.05) is 20.8 Å². The van der Waals surface area contributed by atoms with Gasteiger partial charge in [0.25, 0.3) is 0 Å². The lowest BCUT2D eigenvalue weighted by atomic mass is 10.2. The van der Waals surface area contributed by atoms with E-state index in [0.717, 1.165) is 34.8 Å². The summed E-state index contributed by atoms with van der Waals surface area (Å²) in [6.07, 6.45) is 4.82. The lowest BCUT2D eigenvalue weighted by Gasteiger charge is -2.13. The molecule has 1 saturated carbocycles. The van der Waals surface area contributed by atoms with Gasteiger partial charge in [-0.2, -0.15) is 11.8 Å². The quantitative estimate of drug-likeness (QED) is 0.712. The molecule has 1 aliphatic carbocycles. The van der Waals surface area contributed by atoms with Crippen molar-refractivity contribution >= 4 is 33.5 Å². The molecule has 0 spiro atoms. The predicted molar refractivity (Wildman–Crippen MR) is 91.5 cm³/mol. The second-order valence-corrected chi connectivity index (χ2v) is 7.64. The number of hydrogen-bond donors (Lipinski definition) is 1. The minimum atomic E-state index is 0.641. The summed E-state index contributed by atoms with van der Waals surface area (Å²) in [5.41, 5.74) is 1.21. The van der Waals surface area contributed by atoms with Crippen LogP contribution in [0.5, 0.6) is 0 Å². The van der Waals surface area contributed by atoms with Crippen LogP contribution in [0.25, 0.3) is 0 Å². The van der Waals surface area contributed by atoms with E-state index in [1.54, 1.807) is 0 Å². The molecule has 0 aliphatic heterocycles. The molecule has 1 heterocycles. The van der Waals surface area contributed by atoms with Crippen LogP contribution in [0.15, 0.2) is 4.47 Å². The SMILES string of the molecule is CCCNc1nc(CSC(C)CC)nc(C2CC2)c1Br. The Morgan fingerprint density at radius 1 is 1.35 bits per heavy atom. The summed E-state index contributed by atoms with van der Waals surface area (Å²) in [7, 11) is 0. The maximum atomic E-state index is 4.79. The first-order chi connectivity index (χ1) is 9.65. The molecule has 20 heavy (non-hydrogen) atoms. The van der Waals surface area contributed by atoms with Crippen molar-refractivity contribution < 1.29 is 0 Å². The number of rotatable bonds is 8. The van der Waals surface area contributed by atoms with Gasteiger partial charge < -0.3 is 5.32 Å². The van der Waals surface area contributed by atoms with E-state index in [2.05, 4.69) is 42.0 Å². The Bertz CT molecular complexity index is 449. The number of nitrogens with zero attached hydrogens (tertiary/aromatic N) is 2. The summed E-state index contributed by atoms with van der Waals surface area (Å²) in [5, 5.41) is 4.09. The summed E-state index contributed by atoms with van der Waals surface area (Å²) in [6, 6.07) is 0. The monoisotopic (exact) mass is 357 g/mol. The van der Waals surface area contributed by atoms with E-state index in [1.807, 2.05) is 11.8 Å². The van der Waals surface area contributed by atoms with Crippen LogP contribution < -0.4 is 5.32 Å². The number of nitrogens with one attached hydrogen (secondary N) is 1. The fraction of sp³-hybridized carbons (Fsp3) is 0.733. The highest BCUT2D eigenvalue weighted by molar-refractivity contribution is 9.10. The standard InChI is InChI=1S/C15H24BrN3S/c1-4-8-17-15-13(16)14(11-6-7-11)18-12(19-15)9-20-10(3)5-2/h10-11H,4-9H2,1-3H3,(H,17,18,19). The Balaban J connectivity index is 2.15. The van der Waals surface area contributed by atoms with Crippen molar-refractivity contribution in [3.63, 3.8) is 0 Å². The molecule has 0 bridgehead atoms. The van der Waals surface area contributed by atoms with E-state index in [9.17, 15) is 0 Å². The first kappa shape index (κ1) is 16.1. The third-order valence-corrected chi connectivity index (χ3v) is 5.61. The summed E-state index contributed by atoms with van der Waals surface area (Å²) in [4.78, 5) is 9.49. The molecule has 1 aromatic rings. The van der Waals surface area contributed by atoms with Crippen LogP contribution in [0.1, 0.15) is 63.9 Å². The van der Waals surface area contributed by atoms with E-state index in [0.29, 0.717) is 11.2 Å². The van der Waals surface area contributed by atoms with E-state index in [1.165, 1.54) is 25.0 Å². The molecule has 0 radical (unpaired) electrons. The molecular formula is C15H24BrN3S. The number of anilines is 1. The van der Waals surface area contributed by atoms with Gasteiger partial charge in [-0.3, -0.25) is 0 Å². The zero-order chi connectivity index (χ0) is 14.5. The first-order valence-electron chi connectivity index (χ1n) is 7.57. The minimum absolute atomic E-state index is 0.641. The molecule has 2 rings (SSSR count).